The van der Waals surface area contributed by atoms with Crippen molar-refractivity contribution in [2.75, 3.05) is 13.1 Å². The van der Waals surface area contributed by atoms with Gasteiger partial charge in [-0.15, -0.1) is 0 Å². The van der Waals surface area contributed by atoms with Gasteiger partial charge >= 0.3 is 0 Å². The van der Waals surface area contributed by atoms with Crippen molar-refractivity contribution in [3.05, 3.63) is 52.5 Å². The van der Waals surface area contributed by atoms with Crippen LogP contribution in [0.3, 0.4) is 0 Å². The van der Waals surface area contributed by atoms with Gasteiger partial charge in [0.1, 0.15) is 0 Å². The quantitative estimate of drug-likeness (QED) is 0.797. The van der Waals surface area contributed by atoms with Crippen molar-refractivity contribution >= 4 is 23.2 Å². The molecule has 2 fully saturated rings. The normalized spacial score (nSPS) is 20.5. The molecule has 0 bridgehead atoms. The molecule has 2 aromatic rings. The smallest absolute Gasteiger partial charge is 0.227 e. The van der Waals surface area contributed by atoms with Crippen LogP contribution in [0, 0.1) is 5.41 Å². The summed E-state index contributed by atoms with van der Waals surface area (Å²) in [5.74, 6) is 0.329. The number of piperidine rings is 1. The minimum absolute atomic E-state index is 0.151. The van der Waals surface area contributed by atoms with Crippen LogP contribution in [0.2, 0.25) is 0 Å². The van der Waals surface area contributed by atoms with E-state index in [4.69, 9.17) is 0 Å². The van der Waals surface area contributed by atoms with Gasteiger partial charge < -0.3 is 9.80 Å². The Bertz CT molecular complexity index is 798. The van der Waals surface area contributed by atoms with Gasteiger partial charge in [-0.05, 0) is 58.7 Å². The minimum Gasteiger partial charge on any atom is -0.342 e. The lowest BCUT2D eigenvalue weighted by molar-refractivity contribution is -0.134. The van der Waals surface area contributed by atoms with Crippen LogP contribution in [0.1, 0.15) is 37.3 Å². The van der Waals surface area contributed by atoms with Crippen LogP contribution in [0.15, 0.2) is 41.4 Å². The van der Waals surface area contributed by atoms with Crippen molar-refractivity contribution in [2.24, 2.45) is 5.41 Å². The molecule has 1 aliphatic heterocycles. The highest BCUT2D eigenvalue weighted by Gasteiger charge is 2.58. The van der Waals surface area contributed by atoms with Gasteiger partial charge in [0.15, 0.2) is 0 Å². The molecular weight excluding hydrogens is 358 g/mol. The number of likely N-dealkylation sites (tertiary alicyclic amines) is 1. The fourth-order valence-electron chi connectivity index (χ4n) is 4.32. The molecule has 1 saturated carbocycles. The first-order valence-corrected chi connectivity index (χ1v) is 10.5. The third-order valence-electron chi connectivity index (χ3n) is 6.05. The molecule has 1 saturated heterocycles. The second-order valence-electron chi connectivity index (χ2n) is 7.78. The van der Waals surface area contributed by atoms with Crippen molar-refractivity contribution in [2.45, 2.75) is 45.2 Å². The van der Waals surface area contributed by atoms with Gasteiger partial charge in [-0.2, -0.15) is 11.3 Å². The number of thiophene rings is 1. The number of carbonyl (C=O) groups excluding carboxylic acids is 2. The lowest BCUT2D eigenvalue weighted by atomic mass is 9.92. The highest BCUT2D eigenvalue weighted by atomic mass is 32.1. The third kappa shape index (κ3) is 3.90. The molecular formula is C21H25N3O2S. The molecule has 142 valence electrons. The van der Waals surface area contributed by atoms with Crippen molar-refractivity contribution in [3.63, 3.8) is 0 Å². The van der Waals surface area contributed by atoms with E-state index in [9.17, 15) is 9.59 Å². The highest BCUT2D eigenvalue weighted by Crippen LogP contribution is 2.57. The number of amides is 2. The van der Waals surface area contributed by atoms with Gasteiger partial charge in [0.05, 0.1) is 6.42 Å². The number of rotatable bonds is 5. The Labute approximate surface area is 164 Å². The van der Waals surface area contributed by atoms with E-state index in [2.05, 4.69) is 21.8 Å². The van der Waals surface area contributed by atoms with E-state index in [-0.39, 0.29) is 17.2 Å². The molecule has 2 aromatic heterocycles. The van der Waals surface area contributed by atoms with Crippen molar-refractivity contribution in [3.8, 4) is 0 Å². The predicted octanol–water partition coefficient (Wildman–Crippen LogP) is 3.12. The first-order valence-electron chi connectivity index (χ1n) is 9.52. The number of hydrogen-bond acceptors (Lipinski definition) is 4. The Kier molecular flexibility index (Phi) is 5.00. The molecule has 2 amide bonds. The maximum Gasteiger partial charge on any atom is 0.227 e. The zero-order valence-corrected chi connectivity index (χ0v) is 16.5. The minimum atomic E-state index is 0.151. The fourth-order valence-corrected chi connectivity index (χ4v) is 4.97. The second kappa shape index (κ2) is 7.43. The Morgan fingerprint density at radius 1 is 1.30 bits per heavy atom. The summed E-state index contributed by atoms with van der Waals surface area (Å²) >= 11 is 1.67. The van der Waals surface area contributed by atoms with E-state index >= 15 is 0 Å². The Hall–Kier alpha value is -2.21. The van der Waals surface area contributed by atoms with E-state index in [1.165, 1.54) is 5.56 Å². The van der Waals surface area contributed by atoms with Gasteiger partial charge in [-0.25, -0.2) is 0 Å². The molecule has 1 spiro atoms. The molecule has 1 atom stereocenters. The van der Waals surface area contributed by atoms with Crippen LogP contribution in [-0.2, 0) is 22.6 Å². The molecule has 6 heteroatoms. The average molecular weight is 384 g/mol. The van der Waals surface area contributed by atoms with Gasteiger partial charge in [-0.3, -0.25) is 14.6 Å². The summed E-state index contributed by atoms with van der Waals surface area (Å²) in [5.41, 5.74) is 2.39. The number of carbonyl (C=O) groups is 2. The van der Waals surface area contributed by atoms with Crippen molar-refractivity contribution in [1.82, 2.24) is 14.8 Å². The second-order valence-corrected chi connectivity index (χ2v) is 8.56. The summed E-state index contributed by atoms with van der Waals surface area (Å²) < 4.78 is 0. The van der Waals surface area contributed by atoms with Gasteiger partial charge in [-0.1, -0.05) is 6.07 Å². The molecule has 1 aliphatic carbocycles. The number of aromatic nitrogens is 1. The summed E-state index contributed by atoms with van der Waals surface area (Å²) in [4.78, 5) is 32.9. The zero-order valence-electron chi connectivity index (χ0n) is 15.6. The monoisotopic (exact) mass is 383 g/mol. The van der Waals surface area contributed by atoms with Gasteiger partial charge in [0.25, 0.3) is 0 Å². The van der Waals surface area contributed by atoms with Crippen LogP contribution in [0.4, 0.5) is 0 Å². The molecule has 3 heterocycles. The SMILES string of the molecule is CC(=O)N(Cc1ccsc1)[C@H]1CC12CCN(C(=O)Cc1cccnc1)CC2. The average Bonchev–Trinajstić information content (AvgIpc) is 3.10. The maximum absolute atomic E-state index is 12.6. The molecule has 0 N–H and O–H groups in total. The molecule has 2 aliphatic rings. The van der Waals surface area contributed by atoms with Gasteiger partial charge in [0, 0.05) is 45.0 Å². The summed E-state index contributed by atoms with van der Waals surface area (Å²) in [6, 6.07) is 6.23. The van der Waals surface area contributed by atoms with E-state index in [1.807, 2.05) is 21.9 Å². The topological polar surface area (TPSA) is 53.5 Å². The number of pyridine rings is 1. The van der Waals surface area contributed by atoms with E-state index in [0.717, 1.165) is 37.9 Å². The van der Waals surface area contributed by atoms with E-state index in [0.29, 0.717) is 19.0 Å². The first kappa shape index (κ1) is 18.2. The van der Waals surface area contributed by atoms with E-state index in [1.54, 1.807) is 30.7 Å². The summed E-state index contributed by atoms with van der Waals surface area (Å²) in [7, 11) is 0. The Balaban J connectivity index is 1.33. The number of hydrogen-bond donors (Lipinski definition) is 0. The Morgan fingerprint density at radius 2 is 2.11 bits per heavy atom. The molecule has 4 rings (SSSR count). The van der Waals surface area contributed by atoms with Crippen molar-refractivity contribution in [1.29, 1.82) is 0 Å². The fraction of sp³-hybridized carbons (Fsp3) is 0.476. The van der Waals surface area contributed by atoms with Crippen LogP contribution in [-0.4, -0.2) is 45.7 Å². The van der Waals surface area contributed by atoms with E-state index < -0.39 is 0 Å². The molecule has 0 unspecified atom stereocenters. The summed E-state index contributed by atoms with van der Waals surface area (Å²) in [6.45, 7) is 3.96. The highest BCUT2D eigenvalue weighted by molar-refractivity contribution is 7.07. The van der Waals surface area contributed by atoms with Crippen molar-refractivity contribution < 1.29 is 9.59 Å². The number of nitrogens with zero attached hydrogens (tertiary/aromatic N) is 3. The summed E-state index contributed by atoms with van der Waals surface area (Å²) in [6.07, 6.45) is 6.95. The predicted molar refractivity (Wildman–Crippen MR) is 105 cm³/mol. The lowest BCUT2D eigenvalue weighted by Gasteiger charge is -2.34. The first-order chi connectivity index (χ1) is 13.1. The standard InChI is InChI=1S/C21H25N3O2S/c1-16(25)24(14-18-4-10-27-15-18)19-12-21(19)5-8-23(9-6-21)20(26)11-17-3-2-7-22-13-17/h2-4,7,10,13,15,19H,5-6,8-9,11-12,14H2,1H3/t19-/m0/s1. The summed E-state index contributed by atoms with van der Waals surface area (Å²) in [5, 5.41) is 4.17. The molecule has 0 aromatic carbocycles. The van der Waals surface area contributed by atoms with Crippen LogP contribution < -0.4 is 0 Å². The maximum atomic E-state index is 12.6. The molecule has 27 heavy (non-hydrogen) atoms. The lowest BCUT2D eigenvalue weighted by Crippen LogP contribution is -2.43. The molecule has 5 nitrogen and oxygen atoms in total. The van der Waals surface area contributed by atoms with Gasteiger partial charge in [0.2, 0.25) is 11.8 Å². The third-order valence-corrected chi connectivity index (χ3v) is 6.78. The molecule has 0 radical (unpaired) electrons. The largest absolute Gasteiger partial charge is 0.342 e. The Morgan fingerprint density at radius 3 is 2.74 bits per heavy atom. The zero-order chi connectivity index (χ0) is 18.9. The van der Waals surface area contributed by atoms with Crippen LogP contribution in [0.5, 0.6) is 0 Å². The van der Waals surface area contributed by atoms with Crippen LogP contribution >= 0.6 is 11.3 Å². The van der Waals surface area contributed by atoms with Crippen LogP contribution in [0.25, 0.3) is 0 Å².